The Balaban J connectivity index is 1.73. The van der Waals surface area contributed by atoms with E-state index >= 15 is 0 Å². The average Bonchev–Trinajstić information content (AvgIpc) is 2.97. The predicted octanol–water partition coefficient (Wildman–Crippen LogP) is 3.39. The van der Waals surface area contributed by atoms with Gasteiger partial charge in [-0.25, -0.2) is 8.42 Å². The van der Waals surface area contributed by atoms with Gasteiger partial charge in [0.15, 0.2) is 0 Å². The number of carbonyl (C=O) groups is 1. The first-order valence-corrected chi connectivity index (χ1v) is 10.5. The van der Waals surface area contributed by atoms with E-state index in [1.807, 2.05) is 55.9 Å². The monoisotopic (exact) mass is 399 g/mol. The van der Waals surface area contributed by atoms with Crippen LogP contribution in [0.4, 0.5) is 5.69 Å². The summed E-state index contributed by atoms with van der Waals surface area (Å²) >= 11 is 0. The van der Waals surface area contributed by atoms with Gasteiger partial charge in [0.2, 0.25) is 15.9 Å². The molecule has 0 radical (unpaired) electrons. The lowest BCUT2D eigenvalue weighted by atomic mass is 10.1. The molecule has 0 saturated heterocycles. The fourth-order valence-corrected chi connectivity index (χ4v) is 4.47. The van der Waals surface area contributed by atoms with Crippen LogP contribution in [0.1, 0.15) is 19.4 Å². The van der Waals surface area contributed by atoms with Crippen molar-refractivity contribution in [2.75, 3.05) is 12.4 Å². The summed E-state index contributed by atoms with van der Waals surface area (Å²) in [5.41, 5.74) is 2.60. The molecular formula is C21H25N3O3S. The van der Waals surface area contributed by atoms with Crippen LogP contribution in [-0.2, 0) is 28.3 Å². The lowest BCUT2D eigenvalue weighted by molar-refractivity contribution is -0.115. The lowest BCUT2D eigenvalue weighted by Gasteiger charge is -2.21. The summed E-state index contributed by atoms with van der Waals surface area (Å²) in [6.45, 7) is 3.64. The van der Waals surface area contributed by atoms with Crippen LogP contribution < -0.4 is 5.32 Å². The molecule has 6 nitrogen and oxygen atoms in total. The fraction of sp³-hybridized carbons (Fsp3) is 0.286. The van der Waals surface area contributed by atoms with Gasteiger partial charge in [-0.15, -0.1) is 0 Å². The van der Waals surface area contributed by atoms with E-state index in [0.29, 0.717) is 5.69 Å². The summed E-state index contributed by atoms with van der Waals surface area (Å²) in [5.74, 6) is -0.147. The Kier molecular flexibility index (Phi) is 5.58. The third-order valence-electron chi connectivity index (χ3n) is 4.87. The molecule has 28 heavy (non-hydrogen) atoms. The molecule has 148 valence electrons. The number of rotatable bonds is 6. The highest BCUT2D eigenvalue weighted by molar-refractivity contribution is 7.89. The molecule has 2 aromatic carbocycles. The third kappa shape index (κ3) is 3.95. The number of aromatic nitrogens is 1. The second-order valence-corrected chi connectivity index (χ2v) is 9.14. The molecule has 0 atom stereocenters. The molecule has 1 N–H and O–H groups in total. The van der Waals surface area contributed by atoms with Crippen LogP contribution in [0.5, 0.6) is 0 Å². The Morgan fingerprint density at radius 2 is 1.75 bits per heavy atom. The number of sulfonamides is 1. The van der Waals surface area contributed by atoms with Crippen molar-refractivity contribution >= 4 is 32.5 Å². The number of benzene rings is 2. The van der Waals surface area contributed by atoms with Gasteiger partial charge in [-0.2, -0.15) is 4.31 Å². The molecule has 0 bridgehead atoms. The number of hydrogen-bond donors (Lipinski definition) is 1. The zero-order valence-electron chi connectivity index (χ0n) is 16.5. The molecule has 0 aliphatic carbocycles. The molecule has 1 aromatic heterocycles. The molecule has 0 unspecified atom stereocenters. The zero-order chi connectivity index (χ0) is 20.5. The second-order valence-electron chi connectivity index (χ2n) is 7.15. The molecule has 7 heteroatoms. The summed E-state index contributed by atoms with van der Waals surface area (Å²) < 4.78 is 28.3. The first-order chi connectivity index (χ1) is 13.2. The Morgan fingerprint density at radius 3 is 2.39 bits per heavy atom. The van der Waals surface area contributed by atoms with Crippen LogP contribution >= 0.6 is 0 Å². The van der Waals surface area contributed by atoms with Gasteiger partial charge >= 0.3 is 0 Å². The van der Waals surface area contributed by atoms with E-state index in [1.165, 1.54) is 16.4 Å². The van der Waals surface area contributed by atoms with Crippen molar-refractivity contribution in [1.82, 2.24) is 8.87 Å². The van der Waals surface area contributed by atoms with Crippen molar-refractivity contribution in [2.45, 2.75) is 31.2 Å². The maximum Gasteiger partial charge on any atom is 0.243 e. The maximum atomic E-state index is 12.5. The minimum atomic E-state index is -3.54. The Bertz CT molecular complexity index is 1100. The van der Waals surface area contributed by atoms with Gasteiger partial charge in [0.05, 0.1) is 11.3 Å². The lowest BCUT2D eigenvalue weighted by Crippen LogP contribution is -2.33. The first kappa shape index (κ1) is 20.1. The van der Waals surface area contributed by atoms with Crippen molar-refractivity contribution in [1.29, 1.82) is 0 Å². The Labute approximate surface area is 165 Å². The van der Waals surface area contributed by atoms with E-state index in [9.17, 15) is 13.2 Å². The number of carbonyl (C=O) groups excluding carboxylic acids is 1. The molecule has 0 spiro atoms. The van der Waals surface area contributed by atoms with Gasteiger partial charge in [-0.3, -0.25) is 4.79 Å². The summed E-state index contributed by atoms with van der Waals surface area (Å²) in [5, 5.41) is 3.89. The molecule has 3 rings (SSSR count). The number of anilines is 1. The predicted molar refractivity (Wildman–Crippen MR) is 112 cm³/mol. The molecule has 0 saturated carbocycles. The number of nitrogens with zero attached hydrogens (tertiary/aromatic N) is 2. The normalized spacial score (nSPS) is 12.1. The maximum absolute atomic E-state index is 12.5. The minimum absolute atomic E-state index is 0.134. The van der Waals surface area contributed by atoms with Crippen molar-refractivity contribution < 1.29 is 13.2 Å². The van der Waals surface area contributed by atoms with Crippen LogP contribution in [0.15, 0.2) is 59.6 Å². The Morgan fingerprint density at radius 1 is 1.11 bits per heavy atom. The van der Waals surface area contributed by atoms with E-state index in [4.69, 9.17) is 0 Å². The van der Waals surface area contributed by atoms with E-state index in [2.05, 4.69) is 5.32 Å². The Hall–Kier alpha value is -2.64. The van der Waals surface area contributed by atoms with E-state index < -0.39 is 10.0 Å². The number of aryl methyl sites for hydroxylation is 1. The summed E-state index contributed by atoms with van der Waals surface area (Å²) in [6, 6.07) is 14.1. The van der Waals surface area contributed by atoms with Gasteiger partial charge in [0, 0.05) is 42.9 Å². The van der Waals surface area contributed by atoms with Crippen LogP contribution in [0.25, 0.3) is 10.9 Å². The van der Waals surface area contributed by atoms with Gasteiger partial charge in [0.25, 0.3) is 0 Å². The molecule has 0 aliphatic heterocycles. The van der Waals surface area contributed by atoms with Gasteiger partial charge in [0.1, 0.15) is 0 Å². The number of hydrogen-bond acceptors (Lipinski definition) is 3. The van der Waals surface area contributed by atoms with Gasteiger partial charge < -0.3 is 9.88 Å². The topological polar surface area (TPSA) is 71.4 Å². The number of amides is 1. The van der Waals surface area contributed by atoms with E-state index in [1.54, 1.807) is 19.2 Å². The molecule has 1 amide bonds. The third-order valence-corrected chi connectivity index (χ3v) is 6.92. The smallest absolute Gasteiger partial charge is 0.243 e. The quantitative estimate of drug-likeness (QED) is 0.691. The van der Waals surface area contributed by atoms with E-state index in [-0.39, 0.29) is 23.3 Å². The van der Waals surface area contributed by atoms with Crippen molar-refractivity contribution in [3.63, 3.8) is 0 Å². The zero-order valence-corrected chi connectivity index (χ0v) is 17.3. The molecule has 1 heterocycles. The highest BCUT2D eigenvalue weighted by Crippen LogP contribution is 2.22. The average molecular weight is 400 g/mol. The minimum Gasteiger partial charge on any atom is -0.350 e. The van der Waals surface area contributed by atoms with Gasteiger partial charge in [-0.1, -0.05) is 18.2 Å². The fourth-order valence-electron chi connectivity index (χ4n) is 3.10. The van der Waals surface area contributed by atoms with Crippen LogP contribution in [0, 0.1) is 0 Å². The molecule has 0 fully saturated rings. The number of para-hydroxylation sites is 1. The van der Waals surface area contributed by atoms with Crippen molar-refractivity contribution in [3.05, 3.63) is 60.3 Å². The summed E-state index contributed by atoms with van der Waals surface area (Å²) in [7, 11) is -0.0248. The first-order valence-electron chi connectivity index (χ1n) is 9.11. The van der Waals surface area contributed by atoms with Crippen molar-refractivity contribution in [3.8, 4) is 0 Å². The van der Waals surface area contributed by atoms with Crippen LogP contribution in [-0.4, -0.2) is 36.3 Å². The SMILES string of the molecule is CC(C)N(C)S(=O)(=O)c1ccc(NC(=O)Cc2cn(C)c3ccccc23)cc1. The number of nitrogens with one attached hydrogen (secondary N) is 1. The van der Waals surface area contributed by atoms with Gasteiger partial charge in [-0.05, 0) is 49.7 Å². The van der Waals surface area contributed by atoms with Crippen molar-refractivity contribution in [2.24, 2.45) is 7.05 Å². The number of fused-ring (bicyclic) bond motifs is 1. The molecular weight excluding hydrogens is 374 g/mol. The largest absolute Gasteiger partial charge is 0.350 e. The highest BCUT2D eigenvalue weighted by Gasteiger charge is 2.22. The standard InChI is InChI=1S/C21H25N3O3S/c1-15(2)24(4)28(26,27)18-11-9-17(10-12-18)22-21(25)13-16-14-23(3)20-8-6-5-7-19(16)20/h5-12,14-15H,13H2,1-4H3,(H,22,25). The molecule has 0 aliphatic rings. The summed E-state index contributed by atoms with van der Waals surface area (Å²) in [6.07, 6.45) is 2.21. The van der Waals surface area contributed by atoms with Crippen LogP contribution in [0.3, 0.4) is 0 Å². The summed E-state index contributed by atoms with van der Waals surface area (Å²) in [4.78, 5) is 12.7. The highest BCUT2D eigenvalue weighted by atomic mass is 32.2. The van der Waals surface area contributed by atoms with Crippen LogP contribution in [0.2, 0.25) is 0 Å². The molecule has 3 aromatic rings. The second kappa shape index (κ2) is 7.77. The van der Waals surface area contributed by atoms with E-state index in [0.717, 1.165) is 16.5 Å².